The Balaban J connectivity index is 1.70. The van der Waals surface area contributed by atoms with Gasteiger partial charge in [-0.1, -0.05) is 24.3 Å². The highest BCUT2D eigenvalue weighted by molar-refractivity contribution is 6.07. The Morgan fingerprint density at radius 2 is 1.81 bits per heavy atom. The van der Waals surface area contributed by atoms with Crippen molar-refractivity contribution in [3.63, 3.8) is 0 Å². The van der Waals surface area contributed by atoms with Gasteiger partial charge < -0.3 is 14.4 Å². The Labute approximate surface area is 180 Å². The van der Waals surface area contributed by atoms with Crippen LogP contribution >= 0.6 is 0 Å². The van der Waals surface area contributed by atoms with Crippen LogP contribution in [0.3, 0.4) is 0 Å². The summed E-state index contributed by atoms with van der Waals surface area (Å²) in [6.07, 6.45) is 1.72. The molecule has 7 heteroatoms. The molecule has 0 aliphatic heterocycles. The van der Waals surface area contributed by atoms with Crippen molar-refractivity contribution in [2.75, 3.05) is 21.3 Å². The summed E-state index contributed by atoms with van der Waals surface area (Å²) in [6, 6.07) is 17.1. The molecule has 2 aromatic heterocycles. The van der Waals surface area contributed by atoms with Gasteiger partial charge in [-0.05, 0) is 35.9 Å². The SMILES string of the molecule is COc1ccc(CN(C)C(=O)c2cc(-c3ccnn3C)nc3ccccc23)cc1OC. The minimum Gasteiger partial charge on any atom is -0.493 e. The number of para-hydroxylation sites is 1. The molecular formula is C24H24N4O3. The molecule has 0 saturated carbocycles. The Morgan fingerprint density at radius 1 is 1.03 bits per heavy atom. The van der Waals surface area contributed by atoms with Crippen LogP contribution in [0.2, 0.25) is 0 Å². The molecule has 2 aromatic carbocycles. The van der Waals surface area contributed by atoms with Crippen LogP contribution in [0.1, 0.15) is 15.9 Å². The molecular weight excluding hydrogens is 392 g/mol. The Kier molecular flexibility index (Phi) is 5.58. The van der Waals surface area contributed by atoms with E-state index in [2.05, 4.69) is 5.10 Å². The first-order valence-electron chi connectivity index (χ1n) is 9.86. The van der Waals surface area contributed by atoms with E-state index in [-0.39, 0.29) is 5.91 Å². The molecule has 7 nitrogen and oxygen atoms in total. The monoisotopic (exact) mass is 416 g/mol. The Morgan fingerprint density at radius 3 is 2.52 bits per heavy atom. The molecule has 0 atom stereocenters. The first-order chi connectivity index (χ1) is 15.0. The molecule has 31 heavy (non-hydrogen) atoms. The number of benzene rings is 2. The number of fused-ring (bicyclic) bond motifs is 1. The molecule has 0 saturated heterocycles. The second-order valence-electron chi connectivity index (χ2n) is 7.26. The van der Waals surface area contributed by atoms with Crippen molar-refractivity contribution in [2.24, 2.45) is 7.05 Å². The third-order valence-corrected chi connectivity index (χ3v) is 5.24. The lowest BCUT2D eigenvalue weighted by Crippen LogP contribution is -2.26. The second kappa shape index (κ2) is 8.47. The number of nitrogens with zero attached hydrogens (tertiary/aromatic N) is 4. The Hall–Kier alpha value is -3.87. The van der Waals surface area contributed by atoms with E-state index in [1.807, 2.05) is 61.6 Å². The summed E-state index contributed by atoms with van der Waals surface area (Å²) in [6.45, 7) is 0.427. The van der Waals surface area contributed by atoms with Crippen molar-refractivity contribution in [1.29, 1.82) is 0 Å². The normalized spacial score (nSPS) is 10.8. The second-order valence-corrected chi connectivity index (χ2v) is 7.26. The van der Waals surface area contributed by atoms with Crippen molar-refractivity contribution < 1.29 is 14.3 Å². The maximum Gasteiger partial charge on any atom is 0.254 e. The van der Waals surface area contributed by atoms with Gasteiger partial charge in [-0.15, -0.1) is 0 Å². The molecule has 2 heterocycles. The van der Waals surface area contributed by atoms with Gasteiger partial charge in [0.25, 0.3) is 5.91 Å². The van der Waals surface area contributed by atoms with Gasteiger partial charge in [0.2, 0.25) is 0 Å². The van der Waals surface area contributed by atoms with E-state index in [9.17, 15) is 4.79 Å². The third kappa shape index (κ3) is 3.94. The number of methoxy groups -OCH3 is 2. The van der Waals surface area contributed by atoms with E-state index in [1.165, 1.54) is 0 Å². The minimum absolute atomic E-state index is 0.0863. The van der Waals surface area contributed by atoms with Gasteiger partial charge in [0.05, 0.1) is 36.7 Å². The predicted octanol–water partition coefficient (Wildman–Crippen LogP) is 3.92. The number of pyridine rings is 1. The number of aryl methyl sites for hydroxylation is 1. The number of hydrogen-bond acceptors (Lipinski definition) is 5. The number of hydrogen-bond donors (Lipinski definition) is 0. The first kappa shape index (κ1) is 20.4. The lowest BCUT2D eigenvalue weighted by molar-refractivity contribution is 0.0787. The van der Waals surface area contributed by atoms with Crippen LogP contribution in [-0.4, -0.2) is 46.8 Å². The quantitative estimate of drug-likeness (QED) is 0.476. The summed E-state index contributed by atoms with van der Waals surface area (Å²) in [4.78, 5) is 19.9. The smallest absolute Gasteiger partial charge is 0.254 e. The van der Waals surface area contributed by atoms with E-state index in [0.29, 0.717) is 29.3 Å². The lowest BCUT2D eigenvalue weighted by Gasteiger charge is -2.20. The fraction of sp³-hybridized carbons (Fsp3) is 0.208. The lowest BCUT2D eigenvalue weighted by atomic mass is 10.0. The third-order valence-electron chi connectivity index (χ3n) is 5.24. The number of carbonyl (C=O) groups excluding carboxylic acids is 1. The summed E-state index contributed by atoms with van der Waals surface area (Å²) in [5.41, 5.74) is 3.87. The molecule has 158 valence electrons. The fourth-order valence-corrected chi connectivity index (χ4v) is 3.64. The summed E-state index contributed by atoms with van der Waals surface area (Å²) in [5, 5.41) is 5.05. The highest BCUT2D eigenvalue weighted by Crippen LogP contribution is 2.29. The van der Waals surface area contributed by atoms with Gasteiger partial charge in [0.15, 0.2) is 11.5 Å². The average molecular weight is 416 g/mol. The fourth-order valence-electron chi connectivity index (χ4n) is 3.64. The maximum atomic E-state index is 13.5. The van der Waals surface area contributed by atoms with Crippen molar-refractivity contribution >= 4 is 16.8 Å². The molecule has 0 unspecified atom stereocenters. The van der Waals surface area contributed by atoms with E-state index in [1.54, 1.807) is 37.0 Å². The van der Waals surface area contributed by atoms with Gasteiger partial charge in [-0.2, -0.15) is 5.10 Å². The number of amides is 1. The standard InChI is InChI=1S/C24H24N4O3/c1-27(15-16-9-10-22(30-3)23(13-16)31-4)24(29)18-14-20(21-11-12-25-28(21)2)26-19-8-6-5-7-17(18)19/h5-14H,15H2,1-4H3. The van der Waals surface area contributed by atoms with E-state index in [4.69, 9.17) is 14.5 Å². The van der Waals surface area contributed by atoms with Gasteiger partial charge in [-0.25, -0.2) is 4.98 Å². The van der Waals surface area contributed by atoms with E-state index >= 15 is 0 Å². The zero-order valence-electron chi connectivity index (χ0n) is 18.0. The van der Waals surface area contributed by atoms with Gasteiger partial charge in [0.1, 0.15) is 0 Å². The average Bonchev–Trinajstić information content (AvgIpc) is 3.23. The largest absolute Gasteiger partial charge is 0.493 e. The van der Waals surface area contributed by atoms with E-state index in [0.717, 1.165) is 22.2 Å². The first-order valence-corrected chi connectivity index (χ1v) is 9.86. The van der Waals surface area contributed by atoms with Gasteiger partial charge in [0, 0.05) is 32.2 Å². The van der Waals surface area contributed by atoms with Crippen LogP contribution in [0.4, 0.5) is 0 Å². The van der Waals surface area contributed by atoms with Crippen LogP contribution in [-0.2, 0) is 13.6 Å². The summed E-state index contributed by atoms with van der Waals surface area (Å²) < 4.78 is 12.4. The van der Waals surface area contributed by atoms with Crippen molar-refractivity contribution in [3.8, 4) is 22.9 Å². The maximum absolute atomic E-state index is 13.5. The van der Waals surface area contributed by atoms with Crippen LogP contribution < -0.4 is 9.47 Å². The van der Waals surface area contributed by atoms with Crippen molar-refractivity contribution in [3.05, 3.63) is 71.9 Å². The molecule has 0 spiro atoms. The highest BCUT2D eigenvalue weighted by atomic mass is 16.5. The topological polar surface area (TPSA) is 69.5 Å². The van der Waals surface area contributed by atoms with Crippen LogP contribution in [0, 0.1) is 0 Å². The van der Waals surface area contributed by atoms with Crippen molar-refractivity contribution in [1.82, 2.24) is 19.7 Å². The molecule has 4 aromatic rings. The zero-order valence-corrected chi connectivity index (χ0v) is 18.0. The molecule has 4 rings (SSSR count). The van der Waals surface area contributed by atoms with Crippen LogP contribution in [0.15, 0.2) is 60.8 Å². The number of carbonyl (C=O) groups is 1. The van der Waals surface area contributed by atoms with Gasteiger partial charge >= 0.3 is 0 Å². The van der Waals surface area contributed by atoms with Gasteiger partial charge in [-0.3, -0.25) is 9.48 Å². The number of aromatic nitrogens is 3. The zero-order chi connectivity index (χ0) is 22.0. The number of rotatable bonds is 6. The summed E-state index contributed by atoms with van der Waals surface area (Å²) in [5.74, 6) is 1.20. The molecule has 1 amide bonds. The molecule has 0 aliphatic rings. The highest BCUT2D eigenvalue weighted by Gasteiger charge is 2.19. The minimum atomic E-state index is -0.0863. The molecule has 0 N–H and O–H groups in total. The van der Waals surface area contributed by atoms with E-state index < -0.39 is 0 Å². The number of ether oxygens (including phenoxy) is 2. The summed E-state index contributed by atoms with van der Waals surface area (Å²) >= 11 is 0. The van der Waals surface area contributed by atoms with Crippen LogP contribution in [0.5, 0.6) is 11.5 Å². The molecule has 0 bridgehead atoms. The summed E-state index contributed by atoms with van der Waals surface area (Å²) in [7, 11) is 6.84. The predicted molar refractivity (Wildman–Crippen MR) is 119 cm³/mol. The van der Waals surface area contributed by atoms with Crippen molar-refractivity contribution in [2.45, 2.75) is 6.54 Å². The van der Waals surface area contributed by atoms with Crippen LogP contribution in [0.25, 0.3) is 22.3 Å². The Bertz CT molecular complexity index is 1250. The molecule has 0 fully saturated rings. The molecule has 0 radical (unpaired) electrons. The molecule has 0 aliphatic carbocycles.